The van der Waals surface area contributed by atoms with Crippen LogP contribution in [0.25, 0.3) is 0 Å². The Bertz CT molecular complexity index is 233. The molecule has 0 heterocycles. The predicted molar refractivity (Wildman–Crippen MR) is 40.0 cm³/mol. The van der Waals surface area contributed by atoms with E-state index >= 15 is 0 Å². The average molecular weight is 150 g/mol. The lowest BCUT2D eigenvalue weighted by Gasteiger charge is -2.00. The molecule has 0 bridgehead atoms. The van der Waals surface area contributed by atoms with Crippen LogP contribution in [0.15, 0.2) is 30.3 Å². The Labute approximate surface area is 64.8 Å². The molecule has 0 aromatic heterocycles. The van der Waals surface area contributed by atoms with E-state index in [0.29, 0.717) is 5.75 Å². The van der Waals surface area contributed by atoms with E-state index in [1.165, 1.54) is 0 Å². The SMILES string of the molecule is [NH]C(=O)COc1ccccc1. The van der Waals surface area contributed by atoms with Crippen molar-refractivity contribution in [2.24, 2.45) is 0 Å². The molecule has 0 unspecified atom stereocenters. The summed E-state index contributed by atoms with van der Waals surface area (Å²) in [7, 11) is 0. The Morgan fingerprint density at radius 1 is 1.36 bits per heavy atom. The van der Waals surface area contributed by atoms with E-state index in [9.17, 15) is 4.79 Å². The third kappa shape index (κ3) is 2.71. The van der Waals surface area contributed by atoms with Crippen molar-refractivity contribution in [2.75, 3.05) is 6.61 Å². The summed E-state index contributed by atoms with van der Waals surface area (Å²) in [6, 6.07) is 8.95. The molecule has 0 saturated carbocycles. The Hall–Kier alpha value is -1.51. The van der Waals surface area contributed by atoms with Crippen molar-refractivity contribution in [1.29, 1.82) is 0 Å². The lowest BCUT2D eigenvalue weighted by molar-refractivity contribution is -0.120. The fourth-order valence-electron chi connectivity index (χ4n) is 0.666. The summed E-state index contributed by atoms with van der Waals surface area (Å²) in [5, 5.41) is 0. The Kier molecular flexibility index (Phi) is 2.49. The number of carbonyl (C=O) groups is 1. The van der Waals surface area contributed by atoms with Crippen LogP contribution in [0.5, 0.6) is 5.75 Å². The fourth-order valence-corrected chi connectivity index (χ4v) is 0.666. The molecule has 0 saturated heterocycles. The van der Waals surface area contributed by atoms with Gasteiger partial charge in [-0.05, 0) is 12.1 Å². The van der Waals surface area contributed by atoms with Crippen LogP contribution in [0.3, 0.4) is 0 Å². The Morgan fingerprint density at radius 3 is 2.55 bits per heavy atom. The summed E-state index contributed by atoms with van der Waals surface area (Å²) < 4.78 is 4.93. The van der Waals surface area contributed by atoms with Gasteiger partial charge in [-0.25, -0.2) is 0 Å². The molecule has 57 valence electrons. The number of hydrogen-bond acceptors (Lipinski definition) is 2. The van der Waals surface area contributed by atoms with Crippen LogP contribution >= 0.6 is 0 Å². The van der Waals surface area contributed by atoms with E-state index in [0.717, 1.165) is 0 Å². The lowest BCUT2D eigenvalue weighted by Crippen LogP contribution is -2.10. The summed E-state index contributed by atoms with van der Waals surface area (Å²) in [4.78, 5) is 10.2. The number of hydrogen-bond donors (Lipinski definition) is 0. The number of nitrogens with one attached hydrogen (secondary N) is 1. The van der Waals surface area contributed by atoms with Crippen molar-refractivity contribution >= 4 is 5.91 Å². The van der Waals surface area contributed by atoms with Crippen LogP contribution < -0.4 is 10.5 Å². The number of carbonyl (C=O) groups excluding carboxylic acids is 1. The topological polar surface area (TPSA) is 50.1 Å². The second-order valence-electron chi connectivity index (χ2n) is 2.02. The van der Waals surface area contributed by atoms with E-state index < -0.39 is 5.91 Å². The summed E-state index contributed by atoms with van der Waals surface area (Å²) in [5.41, 5.74) is 6.56. The minimum absolute atomic E-state index is 0.177. The molecule has 1 rings (SSSR count). The molecule has 0 atom stereocenters. The van der Waals surface area contributed by atoms with E-state index in [-0.39, 0.29) is 6.61 Å². The molecule has 3 heteroatoms. The molecular formula is C8H8NO2. The molecule has 1 N–H and O–H groups in total. The van der Waals surface area contributed by atoms with Gasteiger partial charge in [-0.3, -0.25) is 10.5 Å². The predicted octanol–water partition coefficient (Wildman–Crippen LogP) is 0.875. The quantitative estimate of drug-likeness (QED) is 0.642. The van der Waals surface area contributed by atoms with Gasteiger partial charge in [0.25, 0.3) is 5.91 Å². The summed E-state index contributed by atoms with van der Waals surface area (Å²) in [5.74, 6) is -0.0954. The van der Waals surface area contributed by atoms with Crippen LogP contribution in [0.4, 0.5) is 0 Å². The zero-order chi connectivity index (χ0) is 8.10. The van der Waals surface area contributed by atoms with Crippen molar-refractivity contribution in [1.82, 2.24) is 5.73 Å². The minimum atomic E-state index is -0.714. The maximum Gasteiger partial charge on any atom is 0.276 e. The van der Waals surface area contributed by atoms with E-state index in [4.69, 9.17) is 10.5 Å². The van der Waals surface area contributed by atoms with E-state index in [1.54, 1.807) is 12.1 Å². The van der Waals surface area contributed by atoms with Gasteiger partial charge < -0.3 is 4.74 Å². The largest absolute Gasteiger partial charge is 0.484 e. The third-order valence-electron chi connectivity index (χ3n) is 1.11. The fraction of sp³-hybridized carbons (Fsp3) is 0.125. The standard InChI is InChI=1S/C8H8NO2/c9-8(10)6-11-7-4-2-1-3-5-7/h1-5,9H,6H2. The van der Waals surface area contributed by atoms with Crippen molar-refractivity contribution in [3.63, 3.8) is 0 Å². The minimum Gasteiger partial charge on any atom is -0.484 e. The smallest absolute Gasteiger partial charge is 0.276 e. The number of ether oxygens (including phenoxy) is 1. The summed E-state index contributed by atoms with van der Waals surface area (Å²) in [6.45, 7) is -0.177. The van der Waals surface area contributed by atoms with Gasteiger partial charge in [0.2, 0.25) is 0 Å². The monoisotopic (exact) mass is 150 g/mol. The summed E-state index contributed by atoms with van der Waals surface area (Å²) in [6.07, 6.45) is 0. The molecule has 11 heavy (non-hydrogen) atoms. The molecule has 0 aliphatic heterocycles. The highest BCUT2D eigenvalue weighted by atomic mass is 16.5. The molecule has 1 radical (unpaired) electrons. The van der Waals surface area contributed by atoms with Gasteiger partial charge in [-0.1, -0.05) is 18.2 Å². The molecule has 3 nitrogen and oxygen atoms in total. The molecule has 0 aliphatic carbocycles. The number of para-hydroxylation sites is 1. The second-order valence-corrected chi connectivity index (χ2v) is 2.02. The normalized spacial score (nSPS) is 9.09. The molecule has 0 spiro atoms. The van der Waals surface area contributed by atoms with Crippen LogP contribution in [0.2, 0.25) is 0 Å². The maximum absolute atomic E-state index is 10.2. The van der Waals surface area contributed by atoms with Crippen LogP contribution in [-0.2, 0) is 4.79 Å². The Morgan fingerprint density at radius 2 is 2.00 bits per heavy atom. The van der Waals surface area contributed by atoms with Gasteiger partial charge in [-0.2, -0.15) is 0 Å². The van der Waals surface area contributed by atoms with Crippen LogP contribution in [0, 0.1) is 0 Å². The Balaban J connectivity index is 2.45. The van der Waals surface area contributed by atoms with Gasteiger partial charge in [0, 0.05) is 0 Å². The first-order valence-electron chi connectivity index (χ1n) is 3.21. The van der Waals surface area contributed by atoms with Crippen molar-refractivity contribution < 1.29 is 9.53 Å². The van der Waals surface area contributed by atoms with Gasteiger partial charge in [0.15, 0.2) is 6.61 Å². The first-order valence-corrected chi connectivity index (χ1v) is 3.21. The first kappa shape index (κ1) is 7.60. The molecular weight excluding hydrogens is 142 g/mol. The lowest BCUT2D eigenvalue weighted by atomic mass is 10.3. The van der Waals surface area contributed by atoms with Gasteiger partial charge in [0.05, 0.1) is 0 Å². The maximum atomic E-state index is 10.2. The molecule has 0 fully saturated rings. The molecule has 1 aromatic rings. The van der Waals surface area contributed by atoms with Gasteiger partial charge in [0.1, 0.15) is 5.75 Å². The highest BCUT2D eigenvalue weighted by Gasteiger charge is 1.95. The van der Waals surface area contributed by atoms with Gasteiger partial charge >= 0.3 is 0 Å². The third-order valence-corrected chi connectivity index (χ3v) is 1.11. The highest BCUT2D eigenvalue weighted by Crippen LogP contribution is 2.07. The van der Waals surface area contributed by atoms with Crippen LogP contribution in [0.1, 0.15) is 0 Å². The number of rotatable bonds is 3. The van der Waals surface area contributed by atoms with E-state index in [2.05, 4.69) is 0 Å². The summed E-state index contributed by atoms with van der Waals surface area (Å²) >= 11 is 0. The number of amides is 1. The van der Waals surface area contributed by atoms with E-state index in [1.807, 2.05) is 18.2 Å². The number of benzene rings is 1. The first-order chi connectivity index (χ1) is 5.29. The second kappa shape index (κ2) is 3.61. The zero-order valence-electron chi connectivity index (χ0n) is 5.91. The van der Waals surface area contributed by atoms with Crippen molar-refractivity contribution in [2.45, 2.75) is 0 Å². The highest BCUT2D eigenvalue weighted by molar-refractivity contribution is 5.74. The van der Waals surface area contributed by atoms with Crippen LogP contribution in [-0.4, -0.2) is 12.5 Å². The average Bonchev–Trinajstić information content (AvgIpc) is 2.03. The molecule has 1 aromatic carbocycles. The molecule has 0 aliphatic rings. The van der Waals surface area contributed by atoms with Crippen molar-refractivity contribution in [3.8, 4) is 5.75 Å². The molecule has 1 amide bonds. The van der Waals surface area contributed by atoms with Gasteiger partial charge in [-0.15, -0.1) is 0 Å². The zero-order valence-corrected chi connectivity index (χ0v) is 5.91. The van der Waals surface area contributed by atoms with Crippen molar-refractivity contribution in [3.05, 3.63) is 30.3 Å².